The maximum Gasteiger partial charge on any atom is 0.413 e. The number of ether oxygens (including phenoxy) is 3. The van der Waals surface area contributed by atoms with Crippen LogP contribution in [0.2, 0.25) is 0 Å². The van der Waals surface area contributed by atoms with Crippen LogP contribution in [0.15, 0.2) is 24.3 Å². The first kappa shape index (κ1) is 30.1. The molecule has 10 nitrogen and oxygen atoms in total. The Labute approximate surface area is 243 Å². The van der Waals surface area contributed by atoms with Crippen molar-refractivity contribution >= 4 is 23.2 Å². The highest BCUT2D eigenvalue weighted by Gasteiger charge is 2.46. The molecule has 1 aromatic carbocycles. The minimum absolute atomic E-state index is 0.0251. The maximum absolute atomic E-state index is 15.3. The van der Waals surface area contributed by atoms with Crippen LogP contribution in [0.1, 0.15) is 59.7 Å². The van der Waals surface area contributed by atoms with Gasteiger partial charge in [-0.3, -0.25) is 4.90 Å². The van der Waals surface area contributed by atoms with Crippen LogP contribution >= 0.6 is 11.3 Å². The van der Waals surface area contributed by atoms with E-state index in [0.29, 0.717) is 27.0 Å². The third-order valence-electron chi connectivity index (χ3n) is 6.15. The van der Waals surface area contributed by atoms with Gasteiger partial charge < -0.3 is 19.5 Å². The Morgan fingerprint density at radius 2 is 1.98 bits per heavy atom. The molecule has 0 bridgehead atoms. The van der Waals surface area contributed by atoms with Crippen LogP contribution < -0.4 is 10.1 Å². The summed E-state index contributed by atoms with van der Waals surface area (Å²) in [6.45, 7) is 15.0. The number of hydrogen-bond acceptors (Lipinski definition) is 10. The Morgan fingerprint density at radius 1 is 1.27 bits per heavy atom. The van der Waals surface area contributed by atoms with E-state index in [1.165, 1.54) is 22.3 Å². The molecule has 1 saturated heterocycles. The Balaban J connectivity index is 1.53. The van der Waals surface area contributed by atoms with Gasteiger partial charge >= 0.3 is 6.09 Å². The van der Waals surface area contributed by atoms with E-state index in [-0.39, 0.29) is 30.7 Å². The molecule has 3 heterocycles. The third-order valence-corrected chi connectivity index (χ3v) is 7.16. The van der Waals surface area contributed by atoms with E-state index in [2.05, 4.69) is 26.6 Å². The summed E-state index contributed by atoms with van der Waals surface area (Å²) < 4.78 is 32.5. The molecule has 3 aromatic rings. The number of nitrogens with zero attached hydrogens (tertiary/aromatic N) is 5. The number of carbonyl (C=O) groups is 1. The van der Waals surface area contributed by atoms with Crippen LogP contribution in [0.5, 0.6) is 5.75 Å². The molecule has 1 N–H and O–H groups in total. The maximum atomic E-state index is 15.3. The molecule has 4 rings (SSSR count). The predicted molar refractivity (Wildman–Crippen MR) is 154 cm³/mol. The van der Waals surface area contributed by atoms with E-state index >= 15 is 4.39 Å². The van der Waals surface area contributed by atoms with Gasteiger partial charge in [-0.25, -0.2) is 14.2 Å². The van der Waals surface area contributed by atoms with Crippen LogP contribution in [0, 0.1) is 24.1 Å². The number of carbonyl (C=O) groups excluding carboxylic acids is 1. The highest BCUT2D eigenvalue weighted by molar-refractivity contribution is 7.17. The zero-order valence-corrected chi connectivity index (χ0v) is 25.4. The molecule has 1 aliphatic heterocycles. The lowest BCUT2D eigenvalue weighted by molar-refractivity contribution is -0.0637. The van der Waals surface area contributed by atoms with Crippen LogP contribution in [-0.2, 0) is 9.47 Å². The van der Waals surface area contributed by atoms with Crippen LogP contribution in [0.4, 0.5) is 15.0 Å². The van der Waals surface area contributed by atoms with E-state index in [0.717, 1.165) is 5.56 Å². The number of benzene rings is 1. The van der Waals surface area contributed by atoms with Gasteiger partial charge in [0.1, 0.15) is 45.5 Å². The molecule has 1 fully saturated rings. The summed E-state index contributed by atoms with van der Waals surface area (Å²) in [5.41, 5.74) is 0.705. The van der Waals surface area contributed by atoms with Crippen molar-refractivity contribution in [2.45, 2.75) is 78.8 Å². The first-order valence-corrected chi connectivity index (χ1v) is 14.1. The standard InChI is InChI=1S/C29H35FN6O4S/c1-16(2)32-24-11-18(10-19(13-31)33-24)25-34-35-26(41-25)21-12-22(30)23(9-17(21)3)38-14-20-15-39-29(7,8)36(20)27(37)40-28(4,5)6/h9-12,16,20H,14-15H2,1-8H3,(H,32,33). The third kappa shape index (κ3) is 7.10. The minimum atomic E-state index is -0.890. The first-order valence-electron chi connectivity index (χ1n) is 13.3. The average molecular weight is 583 g/mol. The highest BCUT2D eigenvalue weighted by atomic mass is 32.1. The SMILES string of the molecule is Cc1cc(OCC2COC(C)(C)N2C(=O)OC(C)(C)C)c(F)cc1-c1nnc(-c2cc(C#N)nc(NC(C)C)c2)s1. The van der Waals surface area contributed by atoms with Gasteiger partial charge in [-0.1, -0.05) is 11.3 Å². The van der Waals surface area contributed by atoms with Gasteiger partial charge in [-0.05, 0) is 85.2 Å². The average Bonchev–Trinajstić information content (AvgIpc) is 3.46. The quantitative estimate of drug-likeness (QED) is 0.349. The van der Waals surface area contributed by atoms with Crippen LogP contribution in [0.25, 0.3) is 21.1 Å². The van der Waals surface area contributed by atoms with Crippen molar-refractivity contribution in [3.05, 3.63) is 41.3 Å². The predicted octanol–water partition coefficient (Wildman–Crippen LogP) is 6.16. The van der Waals surface area contributed by atoms with E-state index in [1.54, 1.807) is 46.8 Å². The molecule has 0 radical (unpaired) electrons. The number of rotatable bonds is 7. The van der Waals surface area contributed by atoms with Crippen molar-refractivity contribution in [1.29, 1.82) is 5.26 Å². The van der Waals surface area contributed by atoms with Crippen LogP contribution in [0.3, 0.4) is 0 Å². The number of hydrogen-bond donors (Lipinski definition) is 1. The van der Waals surface area contributed by atoms with E-state index in [4.69, 9.17) is 14.2 Å². The van der Waals surface area contributed by atoms with Gasteiger partial charge in [0.05, 0.1) is 12.6 Å². The summed E-state index contributed by atoms with van der Waals surface area (Å²) in [7, 11) is 0. The highest BCUT2D eigenvalue weighted by Crippen LogP contribution is 2.36. The molecule has 0 aliphatic carbocycles. The van der Waals surface area contributed by atoms with Gasteiger partial charge in [0.25, 0.3) is 0 Å². The fourth-order valence-electron chi connectivity index (χ4n) is 4.40. The monoisotopic (exact) mass is 582 g/mol. The zero-order chi connectivity index (χ0) is 30.1. The summed E-state index contributed by atoms with van der Waals surface area (Å²) >= 11 is 1.29. The number of nitrogens with one attached hydrogen (secondary N) is 1. The van der Waals surface area contributed by atoms with Crippen molar-refractivity contribution in [3.8, 4) is 33.0 Å². The van der Waals surface area contributed by atoms with Crippen molar-refractivity contribution < 1.29 is 23.4 Å². The fraction of sp³-hybridized carbons (Fsp3) is 0.483. The number of halogens is 1. The lowest BCUT2D eigenvalue weighted by Gasteiger charge is -2.35. The molecule has 218 valence electrons. The second-order valence-corrected chi connectivity index (χ2v) is 12.6. The summed E-state index contributed by atoms with van der Waals surface area (Å²) in [6.07, 6.45) is -0.518. The van der Waals surface area contributed by atoms with Gasteiger partial charge in [0.15, 0.2) is 11.6 Å². The van der Waals surface area contributed by atoms with Gasteiger partial charge in [-0.2, -0.15) is 5.26 Å². The van der Waals surface area contributed by atoms with Gasteiger partial charge in [0, 0.05) is 17.2 Å². The molecule has 0 spiro atoms. The van der Waals surface area contributed by atoms with Crippen molar-refractivity contribution in [3.63, 3.8) is 0 Å². The molecule has 1 aliphatic rings. The Kier molecular flexibility index (Phi) is 8.52. The summed E-state index contributed by atoms with van der Waals surface area (Å²) in [6, 6.07) is 8.18. The van der Waals surface area contributed by atoms with E-state index < -0.39 is 29.3 Å². The molecule has 1 amide bonds. The molecule has 41 heavy (non-hydrogen) atoms. The second-order valence-electron chi connectivity index (χ2n) is 11.6. The Bertz CT molecular complexity index is 1480. The number of anilines is 1. The Morgan fingerprint density at radius 3 is 2.63 bits per heavy atom. The zero-order valence-electron chi connectivity index (χ0n) is 24.5. The lowest BCUT2D eigenvalue weighted by Crippen LogP contribution is -2.51. The lowest BCUT2D eigenvalue weighted by atomic mass is 10.1. The van der Waals surface area contributed by atoms with Crippen molar-refractivity contribution in [1.82, 2.24) is 20.1 Å². The molecule has 2 aromatic heterocycles. The molecular weight excluding hydrogens is 547 g/mol. The van der Waals surface area contributed by atoms with Crippen molar-refractivity contribution in [2.75, 3.05) is 18.5 Å². The number of pyridine rings is 1. The van der Waals surface area contributed by atoms with Gasteiger partial charge in [0.2, 0.25) is 0 Å². The molecule has 1 atom stereocenters. The minimum Gasteiger partial charge on any atom is -0.488 e. The number of amides is 1. The van der Waals surface area contributed by atoms with E-state index in [1.807, 2.05) is 26.8 Å². The summed E-state index contributed by atoms with van der Waals surface area (Å²) in [5.74, 6) is 0.0567. The van der Waals surface area contributed by atoms with E-state index in [9.17, 15) is 10.1 Å². The largest absolute Gasteiger partial charge is 0.488 e. The molecular formula is C29H35FN6O4S. The number of nitriles is 1. The second kappa shape index (κ2) is 11.6. The molecule has 1 unspecified atom stereocenters. The van der Waals surface area contributed by atoms with Crippen LogP contribution in [-0.4, -0.2) is 62.8 Å². The number of aryl methyl sites for hydroxylation is 1. The van der Waals surface area contributed by atoms with Gasteiger partial charge in [-0.15, -0.1) is 10.2 Å². The number of aromatic nitrogens is 3. The smallest absolute Gasteiger partial charge is 0.413 e. The molecule has 0 saturated carbocycles. The topological polar surface area (TPSA) is 122 Å². The normalized spacial score (nSPS) is 16.5. The first-order chi connectivity index (χ1) is 19.2. The summed E-state index contributed by atoms with van der Waals surface area (Å²) in [4.78, 5) is 18.7. The fourth-order valence-corrected chi connectivity index (χ4v) is 5.31. The Hall–Kier alpha value is -3.82. The molecule has 12 heteroatoms. The van der Waals surface area contributed by atoms with Crippen molar-refractivity contribution in [2.24, 2.45) is 0 Å². The summed E-state index contributed by atoms with van der Waals surface area (Å²) in [5, 5.41) is 22.3.